The molecular weight excluding hydrogens is 338 g/mol. The van der Waals surface area contributed by atoms with Crippen molar-refractivity contribution in [3.63, 3.8) is 0 Å². The van der Waals surface area contributed by atoms with Crippen LogP contribution < -0.4 is 0 Å². The molecule has 24 heavy (non-hydrogen) atoms. The molecule has 0 saturated heterocycles. The number of alkyl halides is 6. The number of carbonyl (C=O) groups is 1. The Morgan fingerprint density at radius 2 is 1.67 bits per heavy atom. The monoisotopic (exact) mass is 352 g/mol. The van der Waals surface area contributed by atoms with Crippen molar-refractivity contribution in [3.8, 4) is 0 Å². The fourth-order valence-corrected chi connectivity index (χ4v) is 3.14. The minimum atomic E-state index is -4.97. The second-order valence-corrected chi connectivity index (χ2v) is 5.75. The molecule has 132 valence electrons. The summed E-state index contributed by atoms with van der Waals surface area (Å²) in [6.07, 6.45) is -10.7. The van der Waals surface area contributed by atoms with Crippen LogP contribution in [-0.4, -0.2) is 23.4 Å². The lowest BCUT2D eigenvalue weighted by atomic mass is 9.70. The molecule has 1 aliphatic carbocycles. The van der Waals surface area contributed by atoms with E-state index in [1.807, 2.05) is 0 Å². The molecule has 2 rings (SSSR count). The smallest absolute Gasteiger partial charge is 0.413 e. The molecule has 0 saturated carbocycles. The van der Waals surface area contributed by atoms with E-state index in [2.05, 4.69) is 0 Å². The Kier molecular flexibility index (Phi) is 4.96. The van der Waals surface area contributed by atoms with E-state index in [-0.39, 0.29) is 5.56 Å². The fourth-order valence-electron chi connectivity index (χ4n) is 3.14. The van der Waals surface area contributed by atoms with Crippen molar-refractivity contribution in [1.82, 2.24) is 0 Å². The molecule has 0 radical (unpaired) electrons. The summed E-state index contributed by atoms with van der Waals surface area (Å²) in [4.78, 5) is 10.7. The van der Waals surface area contributed by atoms with Crippen molar-refractivity contribution in [2.75, 3.05) is 0 Å². The second kappa shape index (κ2) is 6.49. The Morgan fingerprint density at radius 3 is 2.12 bits per heavy atom. The van der Waals surface area contributed by atoms with Gasteiger partial charge in [-0.2, -0.15) is 26.3 Å². The van der Waals surface area contributed by atoms with Crippen molar-refractivity contribution in [2.45, 2.75) is 31.1 Å². The van der Waals surface area contributed by atoms with Gasteiger partial charge in [-0.05, 0) is 17.9 Å². The van der Waals surface area contributed by atoms with Crippen LogP contribution in [-0.2, 0) is 4.79 Å². The van der Waals surface area contributed by atoms with Crippen molar-refractivity contribution >= 4 is 5.97 Å². The zero-order valence-electron chi connectivity index (χ0n) is 12.2. The highest BCUT2D eigenvalue weighted by molar-refractivity contribution is 5.67. The highest BCUT2D eigenvalue weighted by Crippen LogP contribution is 2.53. The SMILES string of the molecule is O=C(O)CC1C=C(C(F)(F)F)C(c2ccccc2)C(C(F)(F)F)C1. The van der Waals surface area contributed by atoms with Gasteiger partial charge in [0, 0.05) is 11.5 Å². The minimum absolute atomic E-state index is 0.0859. The predicted octanol–water partition coefficient (Wildman–Crippen LogP) is 4.93. The molecule has 0 heterocycles. The Bertz CT molecular complexity index is 618. The molecule has 1 aromatic carbocycles. The summed E-state index contributed by atoms with van der Waals surface area (Å²) in [7, 11) is 0. The van der Waals surface area contributed by atoms with Gasteiger partial charge in [0.15, 0.2) is 0 Å². The number of halogens is 6. The molecule has 0 bridgehead atoms. The Hall–Kier alpha value is -1.99. The maximum atomic E-state index is 13.4. The average molecular weight is 352 g/mol. The lowest BCUT2D eigenvalue weighted by Crippen LogP contribution is -2.38. The van der Waals surface area contributed by atoms with Gasteiger partial charge >= 0.3 is 18.3 Å². The highest BCUT2D eigenvalue weighted by Gasteiger charge is 2.54. The zero-order valence-corrected chi connectivity index (χ0v) is 12.2. The second-order valence-electron chi connectivity index (χ2n) is 5.75. The maximum absolute atomic E-state index is 13.4. The van der Waals surface area contributed by atoms with Gasteiger partial charge in [-0.25, -0.2) is 0 Å². The minimum Gasteiger partial charge on any atom is -0.481 e. The van der Waals surface area contributed by atoms with E-state index in [4.69, 9.17) is 5.11 Å². The van der Waals surface area contributed by atoms with E-state index in [0.29, 0.717) is 6.08 Å². The van der Waals surface area contributed by atoms with Gasteiger partial charge in [-0.3, -0.25) is 4.79 Å². The van der Waals surface area contributed by atoms with Crippen LogP contribution in [0.15, 0.2) is 42.0 Å². The third kappa shape index (κ3) is 4.10. The molecule has 0 spiro atoms. The Morgan fingerprint density at radius 1 is 1.08 bits per heavy atom. The first kappa shape index (κ1) is 18.4. The van der Waals surface area contributed by atoms with Gasteiger partial charge in [0.1, 0.15) is 0 Å². The number of hydrogen-bond acceptors (Lipinski definition) is 1. The number of hydrogen-bond donors (Lipinski definition) is 1. The first-order valence-electron chi connectivity index (χ1n) is 7.12. The van der Waals surface area contributed by atoms with Crippen LogP contribution in [0.4, 0.5) is 26.3 Å². The summed E-state index contributed by atoms with van der Waals surface area (Å²) < 4.78 is 80.3. The summed E-state index contributed by atoms with van der Waals surface area (Å²) >= 11 is 0. The molecule has 2 nitrogen and oxygen atoms in total. The van der Waals surface area contributed by atoms with Gasteiger partial charge < -0.3 is 5.11 Å². The van der Waals surface area contributed by atoms with Gasteiger partial charge in [0.25, 0.3) is 0 Å². The van der Waals surface area contributed by atoms with E-state index >= 15 is 0 Å². The van der Waals surface area contributed by atoms with Crippen LogP contribution in [0.1, 0.15) is 24.3 Å². The molecule has 3 atom stereocenters. The van der Waals surface area contributed by atoms with Crippen molar-refractivity contribution < 1.29 is 36.2 Å². The van der Waals surface area contributed by atoms with Crippen LogP contribution in [0.3, 0.4) is 0 Å². The van der Waals surface area contributed by atoms with Crippen molar-refractivity contribution in [2.24, 2.45) is 11.8 Å². The standard InChI is InChI=1S/C16H14F6O2/c17-15(18,19)11-6-9(8-13(23)24)7-12(16(20,21)22)14(11)10-4-2-1-3-5-10/h1-6,9,12,14H,7-8H2,(H,23,24). The number of carboxylic acids is 1. The van der Waals surface area contributed by atoms with E-state index in [1.54, 1.807) is 0 Å². The van der Waals surface area contributed by atoms with Gasteiger partial charge in [-0.15, -0.1) is 0 Å². The summed E-state index contributed by atoms with van der Waals surface area (Å²) in [6.45, 7) is 0. The molecule has 1 aliphatic rings. The number of rotatable bonds is 3. The molecular formula is C16H14F6O2. The summed E-state index contributed by atoms with van der Waals surface area (Å²) in [5.74, 6) is -6.93. The lowest BCUT2D eigenvalue weighted by molar-refractivity contribution is -0.190. The average Bonchev–Trinajstić information content (AvgIpc) is 2.45. The number of aliphatic carboxylic acids is 1. The third-order valence-electron chi connectivity index (χ3n) is 4.05. The van der Waals surface area contributed by atoms with Crippen LogP contribution in [0, 0.1) is 11.8 Å². The van der Waals surface area contributed by atoms with E-state index in [0.717, 1.165) is 0 Å². The summed E-state index contributed by atoms with van der Waals surface area (Å²) in [5.41, 5.74) is -1.41. The number of benzene rings is 1. The van der Waals surface area contributed by atoms with E-state index in [9.17, 15) is 31.1 Å². The predicted molar refractivity (Wildman–Crippen MR) is 73.2 cm³/mol. The largest absolute Gasteiger partial charge is 0.481 e. The van der Waals surface area contributed by atoms with Crippen LogP contribution >= 0.6 is 0 Å². The highest BCUT2D eigenvalue weighted by atomic mass is 19.4. The van der Waals surface area contributed by atoms with Gasteiger partial charge in [-0.1, -0.05) is 36.4 Å². The number of allylic oxidation sites excluding steroid dienone is 2. The Labute approximate surface area is 133 Å². The summed E-state index contributed by atoms with van der Waals surface area (Å²) in [5, 5.41) is 8.74. The molecule has 0 aromatic heterocycles. The zero-order chi connectivity index (χ0) is 18.1. The first-order chi connectivity index (χ1) is 11.0. The summed E-state index contributed by atoms with van der Waals surface area (Å²) in [6, 6.07) is 6.69. The fraction of sp³-hybridized carbons (Fsp3) is 0.438. The molecule has 0 aliphatic heterocycles. The van der Waals surface area contributed by atoms with E-state index < -0.39 is 54.5 Å². The van der Waals surface area contributed by atoms with Crippen molar-refractivity contribution in [1.29, 1.82) is 0 Å². The lowest BCUT2D eigenvalue weighted by Gasteiger charge is -2.38. The molecule has 8 heteroatoms. The third-order valence-corrected chi connectivity index (χ3v) is 4.05. The van der Waals surface area contributed by atoms with Gasteiger partial charge in [0.2, 0.25) is 0 Å². The quantitative estimate of drug-likeness (QED) is 0.619. The van der Waals surface area contributed by atoms with Crippen LogP contribution in [0.2, 0.25) is 0 Å². The Balaban J connectivity index is 2.57. The van der Waals surface area contributed by atoms with Crippen LogP contribution in [0.25, 0.3) is 0 Å². The normalized spacial score (nSPS) is 25.2. The molecule has 1 aromatic rings. The maximum Gasteiger partial charge on any atom is 0.413 e. The molecule has 0 fully saturated rings. The van der Waals surface area contributed by atoms with Crippen LogP contribution in [0.5, 0.6) is 0 Å². The topological polar surface area (TPSA) is 37.3 Å². The van der Waals surface area contributed by atoms with Crippen molar-refractivity contribution in [3.05, 3.63) is 47.5 Å². The van der Waals surface area contributed by atoms with Gasteiger partial charge in [0.05, 0.1) is 12.3 Å². The molecule has 3 unspecified atom stereocenters. The van der Waals surface area contributed by atoms with E-state index in [1.165, 1.54) is 30.3 Å². The molecule has 1 N–H and O–H groups in total. The first-order valence-corrected chi connectivity index (χ1v) is 7.12. The number of carboxylic acid groups (broad SMARTS) is 1. The molecule has 0 amide bonds.